The van der Waals surface area contributed by atoms with Gasteiger partial charge in [0.1, 0.15) is 5.01 Å². The molecule has 0 saturated carbocycles. The summed E-state index contributed by atoms with van der Waals surface area (Å²) in [6.45, 7) is 3.95. The Bertz CT molecular complexity index is 250. The third-order valence-electron chi connectivity index (χ3n) is 1.48. The third kappa shape index (κ3) is 2.47. The van der Waals surface area contributed by atoms with Crippen molar-refractivity contribution in [3.05, 3.63) is 16.1 Å². The molecule has 4 heteroatoms. The standard InChI is InChI=1S/C8H14N2S2/c1-8(2,9)6-4-12-7(10-6)5-11-3/h4H,5,9H2,1-3H3. The van der Waals surface area contributed by atoms with Crippen LogP contribution in [0.2, 0.25) is 0 Å². The van der Waals surface area contributed by atoms with Crippen LogP contribution in [-0.2, 0) is 11.3 Å². The van der Waals surface area contributed by atoms with E-state index in [1.807, 2.05) is 19.2 Å². The molecule has 1 aromatic heterocycles. The molecular formula is C8H14N2S2. The van der Waals surface area contributed by atoms with Crippen molar-refractivity contribution in [2.75, 3.05) is 6.26 Å². The number of thiazole rings is 1. The molecule has 0 unspecified atom stereocenters. The van der Waals surface area contributed by atoms with Crippen LogP contribution in [0.25, 0.3) is 0 Å². The summed E-state index contributed by atoms with van der Waals surface area (Å²) in [5, 5.41) is 3.21. The summed E-state index contributed by atoms with van der Waals surface area (Å²) in [6.07, 6.45) is 2.08. The molecule has 1 aromatic rings. The van der Waals surface area contributed by atoms with Gasteiger partial charge in [0, 0.05) is 11.1 Å². The molecule has 0 aromatic carbocycles. The second-order valence-corrected chi connectivity index (χ2v) is 5.09. The van der Waals surface area contributed by atoms with Crippen LogP contribution in [0.3, 0.4) is 0 Å². The highest BCUT2D eigenvalue weighted by molar-refractivity contribution is 7.97. The maximum atomic E-state index is 5.90. The maximum Gasteiger partial charge on any atom is 0.103 e. The van der Waals surface area contributed by atoms with E-state index < -0.39 is 0 Å². The predicted molar refractivity (Wildman–Crippen MR) is 56.5 cm³/mol. The first-order valence-corrected chi connectivity index (χ1v) is 6.04. The first kappa shape index (κ1) is 10.0. The fraction of sp³-hybridized carbons (Fsp3) is 0.625. The molecule has 1 heterocycles. The summed E-state index contributed by atoms with van der Waals surface area (Å²) in [5.74, 6) is 0.987. The predicted octanol–water partition coefficient (Wildman–Crippen LogP) is 2.20. The highest BCUT2D eigenvalue weighted by Crippen LogP contribution is 2.21. The van der Waals surface area contributed by atoms with Crippen LogP contribution in [0, 0.1) is 0 Å². The van der Waals surface area contributed by atoms with E-state index in [-0.39, 0.29) is 5.54 Å². The molecule has 0 bridgehead atoms. The van der Waals surface area contributed by atoms with Gasteiger partial charge in [-0.3, -0.25) is 0 Å². The SMILES string of the molecule is CSCc1nc(C(C)(C)N)cs1. The lowest BCUT2D eigenvalue weighted by atomic mass is 10.0. The molecule has 0 atom stereocenters. The van der Waals surface area contributed by atoms with Crippen LogP contribution in [0.1, 0.15) is 24.5 Å². The Kier molecular flexibility index (Phi) is 3.15. The smallest absolute Gasteiger partial charge is 0.103 e. The normalized spacial score (nSPS) is 12.0. The van der Waals surface area contributed by atoms with E-state index in [2.05, 4.69) is 11.2 Å². The average molecular weight is 202 g/mol. The van der Waals surface area contributed by atoms with E-state index in [4.69, 9.17) is 5.73 Å². The second kappa shape index (κ2) is 3.77. The Labute approximate surface area is 81.6 Å². The monoisotopic (exact) mass is 202 g/mol. The molecule has 0 amide bonds. The van der Waals surface area contributed by atoms with E-state index >= 15 is 0 Å². The van der Waals surface area contributed by atoms with Crippen molar-refractivity contribution in [1.29, 1.82) is 0 Å². The van der Waals surface area contributed by atoms with Crippen LogP contribution >= 0.6 is 23.1 Å². The summed E-state index contributed by atoms with van der Waals surface area (Å²) in [7, 11) is 0. The molecular weight excluding hydrogens is 188 g/mol. The van der Waals surface area contributed by atoms with Crippen LogP contribution in [0.15, 0.2) is 5.38 Å². The summed E-state index contributed by atoms with van der Waals surface area (Å²) in [5.41, 5.74) is 6.60. The fourth-order valence-electron chi connectivity index (χ4n) is 0.797. The molecule has 68 valence electrons. The number of aromatic nitrogens is 1. The van der Waals surface area contributed by atoms with Crippen LogP contribution in [-0.4, -0.2) is 11.2 Å². The molecule has 1 rings (SSSR count). The highest BCUT2D eigenvalue weighted by Gasteiger charge is 2.17. The summed E-state index contributed by atoms with van der Waals surface area (Å²) in [6, 6.07) is 0. The maximum absolute atomic E-state index is 5.90. The van der Waals surface area contributed by atoms with Crippen molar-refractivity contribution in [3.8, 4) is 0 Å². The Hall–Kier alpha value is -0.0600. The number of hydrogen-bond donors (Lipinski definition) is 1. The number of nitrogens with two attached hydrogens (primary N) is 1. The van der Waals surface area contributed by atoms with Crippen LogP contribution in [0.4, 0.5) is 0 Å². The van der Waals surface area contributed by atoms with Gasteiger partial charge in [-0.25, -0.2) is 4.98 Å². The molecule has 2 N–H and O–H groups in total. The minimum atomic E-state index is -0.298. The first-order chi connectivity index (χ1) is 5.54. The van der Waals surface area contributed by atoms with Gasteiger partial charge in [-0.1, -0.05) is 0 Å². The summed E-state index contributed by atoms with van der Waals surface area (Å²) < 4.78 is 0. The zero-order valence-electron chi connectivity index (χ0n) is 7.63. The van der Waals surface area contributed by atoms with E-state index in [0.717, 1.165) is 16.5 Å². The van der Waals surface area contributed by atoms with Gasteiger partial charge < -0.3 is 5.73 Å². The second-order valence-electron chi connectivity index (χ2n) is 3.28. The van der Waals surface area contributed by atoms with Crippen molar-refractivity contribution in [3.63, 3.8) is 0 Å². The molecule has 12 heavy (non-hydrogen) atoms. The quantitative estimate of drug-likeness (QED) is 0.816. The minimum Gasteiger partial charge on any atom is -0.321 e. The number of hydrogen-bond acceptors (Lipinski definition) is 4. The fourth-order valence-corrected chi connectivity index (χ4v) is 2.49. The molecule has 2 nitrogen and oxygen atoms in total. The number of thioether (sulfide) groups is 1. The lowest BCUT2D eigenvalue weighted by molar-refractivity contribution is 0.538. The Morgan fingerprint density at radius 3 is 2.75 bits per heavy atom. The lowest BCUT2D eigenvalue weighted by Gasteiger charge is -2.14. The van der Waals surface area contributed by atoms with Crippen molar-refractivity contribution in [2.45, 2.75) is 25.1 Å². The van der Waals surface area contributed by atoms with Gasteiger partial charge in [0.15, 0.2) is 0 Å². The third-order valence-corrected chi connectivity index (χ3v) is 3.07. The Morgan fingerprint density at radius 2 is 2.33 bits per heavy atom. The van der Waals surface area contributed by atoms with Crippen LogP contribution < -0.4 is 5.73 Å². The molecule has 0 aliphatic rings. The molecule has 0 spiro atoms. The topological polar surface area (TPSA) is 38.9 Å². The van der Waals surface area contributed by atoms with Gasteiger partial charge in [-0.2, -0.15) is 11.8 Å². The zero-order chi connectivity index (χ0) is 9.19. The van der Waals surface area contributed by atoms with Gasteiger partial charge in [-0.05, 0) is 20.1 Å². The lowest BCUT2D eigenvalue weighted by Crippen LogP contribution is -2.29. The molecule has 0 radical (unpaired) electrons. The summed E-state index contributed by atoms with van der Waals surface area (Å²) >= 11 is 3.47. The van der Waals surface area contributed by atoms with Gasteiger partial charge in [0.05, 0.1) is 11.2 Å². The van der Waals surface area contributed by atoms with E-state index in [0.29, 0.717) is 0 Å². The number of rotatable bonds is 3. The molecule has 0 fully saturated rings. The number of nitrogens with zero attached hydrogens (tertiary/aromatic N) is 1. The van der Waals surface area contributed by atoms with Gasteiger partial charge in [-0.15, -0.1) is 11.3 Å². The first-order valence-electron chi connectivity index (χ1n) is 3.76. The van der Waals surface area contributed by atoms with E-state index in [9.17, 15) is 0 Å². The van der Waals surface area contributed by atoms with Gasteiger partial charge >= 0.3 is 0 Å². The van der Waals surface area contributed by atoms with Crippen molar-refractivity contribution < 1.29 is 0 Å². The van der Waals surface area contributed by atoms with Crippen LogP contribution in [0.5, 0.6) is 0 Å². The Balaban J connectivity index is 2.77. The van der Waals surface area contributed by atoms with Crippen molar-refractivity contribution in [1.82, 2.24) is 4.98 Å². The van der Waals surface area contributed by atoms with Crippen molar-refractivity contribution in [2.24, 2.45) is 5.73 Å². The average Bonchev–Trinajstić information content (AvgIpc) is 2.35. The highest BCUT2D eigenvalue weighted by atomic mass is 32.2. The van der Waals surface area contributed by atoms with E-state index in [1.54, 1.807) is 23.1 Å². The molecule has 0 saturated heterocycles. The zero-order valence-corrected chi connectivity index (χ0v) is 9.26. The molecule has 0 aliphatic heterocycles. The molecule has 0 aliphatic carbocycles. The summed E-state index contributed by atoms with van der Waals surface area (Å²) in [4.78, 5) is 4.44. The largest absolute Gasteiger partial charge is 0.321 e. The van der Waals surface area contributed by atoms with Crippen molar-refractivity contribution >= 4 is 23.1 Å². The van der Waals surface area contributed by atoms with Gasteiger partial charge in [0.25, 0.3) is 0 Å². The Morgan fingerprint density at radius 1 is 1.67 bits per heavy atom. The van der Waals surface area contributed by atoms with Gasteiger partial charge in [0.2, 0.25) is 0 Å². The minimum absolute atomic E-state index is 0.298. The van der Waals surface area contributed by atoms with E-state index in [1.165, 1.54) is 0 Å².